The number of rotatable bonds is 3. The van der Waals surface area contributed by atoms with Gasteiger partial charge in [0.1, 0.15) is 11.9 Å². The zero-order valence-corrected chi connectivity index (χ0v) is 10.5. The smallest absolute Gasteiger partial charge is 0.151 e. The predicted molar refractivity (Wildman–Crippen MR) is 71.9 cm³/mol. The molecule has 19 heavy (non-hydrogen) atoms. The molecule has 1 aromatic heterocycles. The summed E-state index contributed by atoms with van der Waals surface area (Å²) in [7, 11) is 1.82. The maximum atomic E-state index is 13.1. The highest BCUT2D eigenvalue weighted by atomic mass is 19.1. The summed E-state index contributed by atoms with van der Waals surface area (Å²) in [6.07, 6.45) is 1.47. The fourth-order valence-electron chi connectivity index (χ4n) is 1.84. The molecule has 0 atom stereocenters. The highest BCUT2D eigenvalue weighted by molar-refractivity contribution is 5.64. The molecule has 0 bridgehead atoms. The van der Waals surface area contributed by atoms with E-state index in [1.54, 1.807) is 12.1 Å². The van der Waals surface area contributed by atoms with E-state index in [0.29, 0.717) is 23.6 Å². The van der Waals surface area contributed by atoms with Gasteiger partial charge in [0.15, 0.2) is 5.82 Å². The number of halogens is 1. The van der Waals surface area contributed by atoms with Crippen LogP contribution in [-0.4, -0.2) is 12.0 Å². The van der Waals surface area contributed by atoms with E-state index in [1.807, 2.05) is 24.1 Å². The third-order valence-corrected chi connectivity index (χ3v) is 2.69. The van der Waals surface area contributed by atoms with Crippen LogP contribution in [-0.2, 0) is 6.54 Å². The molecule has 1 heterocycles. The number of nitriles is 1. The Bertz CT molecular complexity index is 634. The normalized spacial score (nSPS) is 9.95. The molecule has 2 N–H and O–H groups in total. The number of pyridine rings is 1. The van der Waals surface area contributed by atoms with E-state index in [0.717, 1.165) is 5.56 Å². The van der Waals surface area contributed by atoms with Gasteiger partial charge in [0.2, 0.25) is 0 Å². The summed E-state index contributed by atoms with van der Waals surface area (Å²) in [6.45, 7) is 0.487. The first kappa shape index (κ1) is 12.8. The molecule has 5 heteroatoms. The summed E-state index contributed by atoms with van der Waals surface area (Å²) in [6, 6.07) is 9.92. The number of aromatic nitrogens is 1. The van der Waals surface area contributed by atoms with E-state index in [-0.39, 0.29) is 5.82 Å². The molecule has 0 aliphatic rings. The number of benzene rings is 1. The molecular weight excluding hydrogens is 243 g/mol. The number of nitrogens with zero attached hydrogens (tertiary/aromatic N) is 3. The fourth-order valence-corrected chi connectivity index (χ4v) is 1.84. The number of anilines is 2. The lowest BCUT2D eigenvalue weighted by Gasteiger charge is -2.19. The number of nitrogen functional groups attached to an aromatic ring is 1. The molecule has 1 aromatic carbocycles. The maximum absolute atomic E-state index is 13.1. The Hall–Kier alpha value is -2.61. The van der Waals surface area contributed by atoms with Crippen LogP contribution in [0.3, 0.4) is 0 Å². The van der Waals surface area contributed by atoms with E-state index >= 15 is 0 Å². The molecule has 4 nitrogen and oxygen atoms in total. The summed E-state index contributed by atoms with van der Waals surface area (Å²) in [5.74, 6) is 0.301. The van der Waals surface area contributed by atoms with Crippen LogP contribution in [0.5, 0.6) is 0 Å². The maximum Gasteiger partial charge on any atom is 0.151 e. The summed E-state index contributed by atoms with van der Waals surface area (Å²) >= 11 is 0. The molecule has 0 unspecified atom stereocenters. The van der Waals surface area contributed by atoms with Gasteiger partial charge in [-0.05, 0) is 23.8 Å². The van der Waals surface area contributed by atoms with Gasteiger partial charge in [0.25, 0.3) is 0 Å². The van der Waals surface area contributed by atoms with Crippen molar-refractivity contribution < 1.29 is 4.39 Å². The molecule has 0 amide bonds. The molecule has 0 aliphatic heterocycles. The van der Waals surface area contributed by atoms with Crippen LogP contribution in [0.25, 0.3) is 0 Å². The average Bonchev–Trinajstić information content (AvgIpc) is 2.38. The summed E-state index contributed by atoms with van der Waals surface area (Å²) < 4.78 is 13.1. The first-order chi connectivity index (χ1) is 9.10. The van der Waals surface area contributed by atoms with Crippen molar-refractivity contribution in [3.05, 3.63) is 53.5 Å². The summed E-state index contributed by atoms with van der Waals surface area (Å²) in [5.41, 5.74) is 7.52. The number of nitrogens with two attached hydrogens (primary N) is 1. The van der Waals surface area contributed by atoms with E-state index < -0.39 is 0 Å². The van der Waals surface area contributed by atoms with Gasteiger partial charge in [-0.1, -0.05) is 12.1 Å². The zero-order chi connectivity index (χ0) is 13.8. The van der Waals surface area contributed by atoms with E-state index in [9.17, 15) is 4.39 Å². The van der Waals surface area contributed by atoms with Crippen LogP contribution in [0.1, 0.15) is 11.1 Å². The first-order valence-corrected chi connectivity index (χ1v) is 5.71. The molecule has 96 valence electrons. The largest absolute Gasteiger partial charge is 0.396 e. The van der Waals surface area contributed by atoms with Gasteiger partial charge in [-0.2, -0.15) is 5.26 Å². The SMILES string of the molecule is CN(Cc1cccc(F)c1)c1ncc(C#N)cc1N. The molecular formula is C14H13FN4. The van der Waals surface area contributed by atoms with Gasteiger partial charge in [-0.3, -0.25) is 0 Å². The lowest BCUT2D eigenvalue weighted by molar-refractivity contribution is 0.625. The standard InChI is InChI=1S/C14H13FN4/c1-19(9-10-3-2-4-12(15)5-10)14-13(17)6-11(7-16)8-18-14/h2-6,8H,9,17H2,1H3. The Morgan fingerprint density at radius 3 is 2.84 bits per heavy atom. The second-order valence-corrected chi connectivity index (χ2v) is 4.23. The summed E-state index contributed by atoms with van der Waals surface area (Å²) in [4.78, 5) is 5.96. The second kappa shape index (κ2) is 5.36. The molecule has 0 radical (unpaired) electrons. The fraction of sp³-hybridized carbons (Fsp3) is 0.143. The van der Waals surface area contributed by atoms with Gasteiger partial charge in [0.05, 0.1) is 11.3 Å². The molecule has 0 fully saturated rings. The Balaban J connectivity index is 2.21. The Morgan fingerprint density at radius 1 is 1.42 bits per heavy atom. The van der Waals surface area contributed by atoms with Crippen LogP contribution in [0.15, 0.2) is 36.5 Å². The summed E-state index contributed by atoms with van der Waals surface area (Å²) in [5, 5.41) is 8.76. The van der Waals surface area contributed by atoms with Crippen molar-refractivity contribution in [3.8, 4) is 6.07 Å². The van der Waals surface area contributed by atoms with E-state index in [2.05, 4.69) is 4.98 Å². The third-order valence-electron chi connectivity index (χ3n) is 2.69. The highest BCUT2D eigenvalue weighted by Crippen LogP contribution is 2.21. The van der Waals surface area contributed by atoms with Crippen molar-refractivity contribution in [2.24, 2.45) is 0 Å². The Morgan fingerprint density at radius 2 is 2.21 bits per heavy atom. The number of hydrogen-bond acceptors (Lipinski definition) is 4. The monoisotopic (exact) mass is 256 g/mol. The minimum atomic E-state index is -0.272. The van der Waals surface area contributed by atoms with Crippen molar-refractivity contribution in [1.82, 2.24) is 4.98 Å². The van der Waals surface area contributed by atoms with Gasteiger partial charge in [-0.25, -0.2) is 9.37 Å². The quantitative estimate of drug-likeness (QED) is 0.915. The lowest BCUT2D eigenvalue weighted by Crippen LogP contribution is -2.19. The second-order valence-electron chi connectivity index (χ2n) is 4.23. The molecule has 2 rings (SSSR count). The zero-order valence-electron chi connectivity index (χ0n) is 10.5. The van der Waals surface area contributed by atoms with Gasteiger partial charge >= 0.3 is 0 Å². The first-order valence-electron chi connectivity index (χ1n) is 5.71. The minimum Gasteiger partial charge on any atom is -0.396 e. The third kappa shape index (κ3) is 2.99. The lowest BCUT2D eigenvalue weighted by atomic mass is 10.2. The van der Waals surface area contributed by atoms with Crippen molar-refractivity contribution in [2.75, 3.05) is 17.7 Å². The predicted octanol–water partition coefficient (Wildman–Crippen LogP) is 2.31. The van der Waals surface area contributed by atoms with Crippen LogP contribution in [0, 0.1) is 17.1 Å². The van der Waals surface area contributed by atoms with Gasteiger partial charge < -0.3 is 10.6 Å². The van der Waals surface area contributed by atoms with Crippen molar-refractivity contribution in [2.45, 2.75) is 6.54 Å². The topological polar surface area (TPSA) is 65.9 Å². The van der Waals surface area contributed by atoms with Crippen molar-refractivity contribution in [3.63, 3.8) is 0 Å². The van der Waals surface area contributed by atoms with Crippen LogP contribution < -0.4 is 10.6 Å². The van der Waals surface area contributed by atoms with E-state index in [1.165, 1.54) is 18.3 Å². The average molecular weight is 256 g/mol. The van der Waals surface area contributed by atoms with Crippen LogP contribution in [0.4, 0.5) is 15.9 Å². The molecule has 2 aromatic rings. The Kier molecular flexibility index (Phi) is 3.62. The van der Waals surface area contributed by atoms with Crippen molar-refractivity contribution >= 4 is 11.5 Å². The Labute approximate surface area is 110 Å². The van der Waals surface area contributed by atoms with Crippen LogP contribution >= 0.6 is 0 Å². The molecule has 0 saturated carbocycles. The van der Waals surface area contributed by atoms with Crippen molar-refractivity contribution in [1.29, 1.82) is 5.26 Å². The molecule has 0 spiro atoms. The number of hydrogen-bond donors (Lipinski definition) is 1. The molecule has 0 saturated heterocycles. The molecule has 0 aliphatic carbocycles. The highest BCUT2D eigenvalue weighted by Gasteiger charge is 2.09. The van der Waals surface area contributed by atoms with Crippen LogP contribution in [0.2, 0.25) is 0 Å². The van der Waals surface area contributed by atoms with E-state index in [4.69, 9.17) is 11.0 Å². The van der Waals surface area contributed by atoms with Gasteiger partial charge in [0, 0.05) is 19.8 Å². The van der Waals surface area contributed by atoms with Gasteiger partial charge in [-0.15, -0.1) is 0 Å². The minimum absolute atomic E-state index is 0.272.